The summed E-state index contributed by atoms with van der Waals surface area (Å²) in [5.74, 6) is 0.0854. The van der Waals surface area contributed by atoms with Gasteiger partial charge in [-0.2, -0.15) is 5.26 Å². The van der Waals surface area contributed by atoms with Crippen LogP contribution in [0.25, 0.3) is 0 Å². The molecule has 0 bridgehead atoms. The molecule has 0 fully saturated rings. The summed E-state index contributed by atoms with van der Waals surface area (Å²) in [7, 11) is 0. The van der Waals surface area contributed by atoms with Crippen molar-refractivity contribution < 1.29 is 14.3 Å². The minimum atomic E-state index is -0.487. The van der Waals surface area contributed by atoms with E-state index in [0.29, 0.717) is 30.2 Å². The summed E-state index contributed by atoms with van der Waals surface area (Å²) in [6, 6.07) is 8.27. The van der Waals surface area contributed by atoms with Crippen molar-refractivity contribution in [2.24, 2.45) is 5.92 Å². The Hall–Kier alpha value is -2.55. The quantitative estimate of drug-likeness (QED) is 0.808. The number of alkyl carbamates (subject to hydrolysis) is 1. The average molecular weight is 317 g/mol. The zero-order chi connectivity index (χ0) is 17.2. The molecule has 23 heavy (non-hydrogen) atoms. The van der Waals surface area contributed by atoms with Gasteiger partial charge in [-0.3, -0.25) is 4.79 Å². The van der Waals surface area contributed by atoms with Gasteiger partial charge in [-0.05, 0) is 37.5 Å². The molecular formula is C17H23N3O3. The minimum Gasteiger partial charge on any atom is -0.450 e. The smallest absolute Gasteiger partial charge is 0.407 e. The standard InChI is InChI=1S/C17H23N3O3/c1-4-23-17(22)20-15(8-12(2)3)11-19-16(21)14-7-5-6-13(9-14)10-18/h5-7,9,12,15H,4,8,11H2,1-3H3,(H,19,21)(H,20,22)/t15-/m0/s1. The maximum absolute atomic E-state index is 12.2. The lowest BCUT2D eigenvalue weighted by Gasteiger charge is -2.20. The van der Waals surface area contributed by atoms with Crippen molar-refractivity contribution in [2.45, 2.75) is 33.2 Å². The van der Waals surface area contributed by atoms with Crippen molar-refractivity contribution in [3.63, 3.8) is 0 Å². The number of nitrogens with zero attached hydrogens (tertiary/aromatic N) is 1. The van der Waals surface area contributed by atoms with E-state index < -0.39 is 6.09 Å². The van der Waals surface area contributed by atoms with Crippen molar-refractivity contribution in [1.29, 1.82) is 5.26 Å². The summed E-state index contributed by atoms with van der Waals surface area (Å²) in [5.41, 5.74) is 0.851. The first kappa shape index (κ1) is 18.5. The zero-order valence-electron chi connectivity index (χ0n) is 13.8. The molecule has 0 aliphatic rings. The van der Waals surface area contributed by atoms with Gasteiger partial charge in [-0.1, -0.05) is 19.9 Å². The maximum atomic E-state index is 12.2. The fourth-order valence-corrected chi connectivity index (χ4v) is 2.15. The van der Waals surface area contributed by atoms with Gasteiger partial charge < -0.3 is 15.4 Å². The van der Waals surface area contributed by atoms with E-state index >= 15 is 0 Å². The molecule has 0 aliphatic carbocycles. The fraction of sp³-hybridized carbons (Fsp3) is 0.471. The predicted octanol–water partition coefficient (Wildman–Crippen LogP) is 2.45. The monoisotopic (exact) mass is 317 g/mol. The highest BCUT2D eigenvalue weighted by Gasteiger charge is 2.16. The van der Waals surface area contributed by atoms with Crippen LogP contribution in [0.1, 0.15) is 43.1 Å². The number of benzene rings is 1. The Bertz CT molecular complexity index is 579. The number of ether oxygens (including phenoxy) is 1. The summed E-state index contributed by atoms with van der Waals surface area (Å²) in [4.78, 5) is 23.7. The first-order valence-corrected chi connectivity index (χ1v) is 7.67. The van der Waals surface area contributed by atoms with Crippen LogP contribution in [-0.4, -0.2) is 31.2 Å². The molecule has 6 nitrogen and oxygen atoms in total. The van der Waals surface area contributed by atoms with E-state index in [0.717, 1.165) is 6.42 Å². The van der Waals surface area contributed by atoms with Crippen molar-refractivity contribution in [1.82, 2.24) is 10.6 Å². The predicted molar refractivity (Wildman–Crippen MR) is 86.9 cm³/mol. The summed E-state index contributed by atoms with van der Waals surface area (Å²) in [6.07, 6.45) is 0.232. The molecule has 0 spiro atoms. The van der Waals surface area contributed by atoms with Crippen LogP contribution in [0.15, 0.2) is 24.3 Å². The van der Waals surface area contributed by atoms with Crippen LogP contribution in [-0.2, 0) is 4.74 Å². The molecule has 1 atom stereocenters. The summed E-state index contributed by atoms with van der Waals surface area (Å²) in [5, 5.41) is 14.4. The van der Waals surface area contributed by atoms with Crippen LogP contribution in [0.2, 0.25) is 0 Å². The molecule has 0 aliphatic heterocycles. The van der Waals surface area contributed by atoms with Gasteiger partial charge >= 0.3 is 6.09 Å². The van der Waals surface area contributed by atoms with Crippen LogP contribution < -0.4 is 10.6 Å². The Morgan fingerprint density at radius 2 is 2.09 bits per heavy atom. The van der Waals surface area contributed by atoms with E-state index in [4.69, 9.17) is 10.00 Å². The number of nitriles is 1. The van der Waals surface area contributed by atoms with Crippen LogP contribution in [0.4, 0.5) is 4.79 Å². The Morgan fingerprint density at radius 1 is 1.35 bits per heavy atom. The lowest BCUT2D eigenvalue weighted by atomic mass is 10.0. The zero-order valence-corrected chi connectivity index (χ0v) is 13.8. The second-order valence-electron chi connectivity index (χ2n) is 5.59. The van der Waals surface area contributed by atoms with Gasteiger partial charge in [0.25, 0.3) is 5.91 Å². The van der Waals surface area contributed by atoms with E-state index in [9.17, 15) is 9.59 Å². The maximum Gasteiger partial charge on any atom is 0.407 e. The molecule has 0 heterocycles. The van der Waals surface area contributed by atoms with E-state index in [1.807, 2.05) is 19.9 Å². The molecular weight excluding hydrogens is 294 g/mol. The van der Waals surface area contributed by atoms with Crippen molar-refractivity contribution >= 4 is 12.0 Å². The van der Waals surface area contributed by atoms with Crippen molar-refractivity contribution in [3.8, 4) is 6.07 Å². The van der Waals surface area contributed by atoms with Crippen LogP contribution in [0.3, 0.4) is 0 Å². The normalized spacial score (nSPS) is 11.4. The molecule has 2 amide bonds. The minimum absolute atomic E-state index is 0.211. The highest BCUT2D eigenvalue weighted by molar-refractivity contribution is 5.94. The molecule has 2 N–H and O–H groups in total. The molecule has 124 valence electrons. The highest BCUT2D eigenvalue weighted by Crippen LogP contribution is 2.06. The third-order valence-electron chi connectivity index (χ3n) is 3.12. The van der Waals surface area contributed by atoms with E-state index in [2.05, 4.69) is 10.6 Å². The second-order valence-corrected chi connectivity index (χ2v) is 5.59. The third kappa shape index (κ3) is 6.83. The molecule has 0 radical (unpaired) electrons. The fourth-order valence-electron chi connectivity index (χ4n) is 2.15. The number of rotatable bonds is 7. The van der Waals surface area contributed by atoms with Gasteiger partial charge in [0.2, 0.25) is 0 Å². The number of nitrogens with one attached hydrogen (secondary N) is 2. The third-order valence-corrected chi connectivity index (χ3v) is 3.12. The highest BCUT2D eigenvalue weighted by atomic mass is 16.5. The van der Waals surface area contributed by atoms with Gasteiger partial charge in [-0.25, -0.2) is 4.79 Å². The lowest BCUT2D eigenvalue weighted by Crippen LogP contribution is -2.44. The van der Waals surface area contributed by atoms with Crippen LogP contribution >= 0.6 is 0 Å². The summed E-state index contributed by atoms with van der Waals surface area (Å²) >= 11 is 0. The summed E-state index contributed by atoms with van der Waals surface area (Å²) < 4.78 is 4.88. The van der Waals surface area contributed by atoms with E-state index in [1.54, 1.807) is 25.1 Å². The second kappa shape index (κ2) is 9.46. The lowest BCUT2D eigenvalue weighted by molar-refractivity contribution is 0.0944. The van der Waals surface area contributed by atoms with Crippen LogP contribution in [0.5, 0.6) is 0 Å². The van der Waals surface area contributed by atoms with Gasteiger partial charge in [0, 0.05) is 18.2 Å². The topological polar surface area (TPSA) is 91.2 Å². The first-order valence-electron chi connectivity index (χ1n) is 7.67. The molecule has 6 heteroatoms. The largest absolute Gasteiger partial charge is 0.450 e. The number of amides is 2. The Kier molecular flexibility index (Phi) is 7.61. The molecule has 1 aromatic carbocycles. The average Bonchev–Trinajstić information content (AvgIpc) is 2.52. The SMILES string of the molecule is CCOC(=O)N[C@H](CNC(=O)c1cccc(C#N)c1)CC(C)C. The van der Waals surface area contributed by atoms with Gasteiger partial charge in [-0.15, -0.1) is 0 Å². The number of carbonyl (C=O) groups is 2. The Balaban J connectivity index is 2.63. The van der Waals surface area contributed by atoms with Gasteiger partial charge in [0.15, 0.2) is 0 Å². The molecule has 1 rings (SSSR count). The van der Waals surface area contributed by atoms with Gasteiger partial charge in [0.05, 0.1) is 18.2 Å². The van der Waals surface area contributed by atoms with Crippen LogP contribution in [0, 0.1) is 17.2 Å². The number of hydrogen-bond acceptors (Lipinski definition) is 4. The Labute approximate surface area is 136 Å². The number of hydrogen-bond donors (Lipinski definition) is 2. The number of carbonyl (C=O) groups excluding carboxylic acids is 2. The summed E-state index contributed by atoms with van der Waals surface area (Å²) in [6.45, 7) is 6.41. The van der Waals surface area contributed by atoms with Crippen molar-refractivity contribution in [3.05, 3.63) is 35.4 Å². The first-order chi connectivity index (χ1) is 11.0. The molecule has 0 saturated heterocycles. The van der Waals surface area contributed by atoms with E-state index in [1.165, 1.54) is 6.07 Å². The Morgan fingerprint density at radius 3 is 2.70 bits per heavy atom. The van der Waals surface area contributed by atoms with Crippen molar-refractivity contribution in [2.75, 3.05) is 13.2 Å². The molecule has 1 aromatic rings. The van der Waals surface area contributed by atoms with E-state index in [-0.39, 0.29) is 11.9 Å². The molecule has 0 saturated carbocycles. The molecule has 0 aromatic heterocycles. The van der Waals surface area contributed by atoms with Gasteiger partial charge in [0.1, 0.15) is 0 Å². The molecule has 0 unspecified atom stereocenters.